The van der Waals surface area contributed by atoms with Crippen molar-refractivity contribution in [3.8, 4) is 0 Å². The maximum Gasteiger partial charge on any atom is 0.128 e. The minimum atomic E-state index is -0.254. The summed E-state index contributed by atoms with van der Waals surface area (Å²) in [6, 6.07) is 6.84. The Balaban J connectivity index is 2.14. The molecule has 0 saturated heterocycles. The first kappa shape index (κ1) is 14.5. The molecule has 2 aromatic heterocycles. The molecule has 0 aliphatic rings. The van der Waals surface area contributed by atoms with Crippen molar-refractivity contribution in [2.45, 2.75) is 32.7 Å². The Kier molecular flexibility index (Phi) is 3.76. The molecule has 3 rings (SSSR count). The monoisotopic (exact) mass is 322 g/mol. The van der Waals surface area contributed by atoms with Gasteiger partial charge < -0.3 is 4.57 Å². The first-order chi connectivity index (χ1) is 9.95. The molecule has 21 heavy (non-hydrogen) atoms. The van der Waals surface area contributed by atoms with E-state index in [4.69, 9.17) is 11.6 Å². The topological polar surface area (TPSA) is 17.8 Å². The summed E-state index contributed by atoms with van der Waals surface area (Å²) in [5.74, 6) is 0.525. The van der Waals surface area contributed by atoms with Crippen LogP contribution in [0.4, 0.5) is 4.39 Å². The van der Waals surface area contributed by atoms with Gasteiger partial charge in [0, 0.05) is 9.75 Å². The van der Waals surface area contributed by atoms with Gasteiger partial charge in [-0.3, -0.25) is 0 Å². The summed E-state index contributed by atoms with van der Waals surface area (Å²) < 4.78 is 15.6. The Bertz CT molecular complexity index is 785. The zero-order chi connectivity index (χ0) is 15.1. The zero-order valence-electron chi connectivity index (χ0n) is 12.2. The first-order valence-electron chi connectivity index (χ1n) is 6.81. The molecule has 0 amide bonds. The van der Waals surface area contributed by atoms with Crippen LogP contribution in [0, 0.1) is 19.7 Å². The van der Waals surface area contributed by atoms with Gasteiger partial charge in [-0.2, -0.15) is 0 Å². The molecule has 1 atom stereocenters. The summed E-state index contributed by atoms with van der Waals surface area (Å²) in [5, 5.41) is -0.220. The van der Waals surface area contributed by atoms with Crippen molar-refractivity contribution < 1.29 is 4.39 Å². The lowest BCUT2D eigenvalue weighted by molar-refractivity contribution is 0.628. The highest BCUT2D eigenvalue weighted by molar-refractivity contribution is 7.12. The number of thiophene rings is 1. The molecular weight excluding hydrogens is 307 g/mol. The van der Waals surface area contributed by atoms with Crippen molar-refractivity contribution in [3.63, 3.8) is 0 Å². The Hall–Kier alpha value is -1.39. The Labute approximate surface area is 132 Å². The number of aryl methyl sites for hydroxylation is 2. The molecule has 1 unspecified atom stereocenters. The maximum absolute atomic E-state index is 13.6. The van der Waals surface area contributed by atoms with Crippen LogP contribution in [0.1, 0.15) is 33.4 Å². The van der Waals surface area contributed by atoms with Gasteiger partial charge in [0.2, 0.25) is 0 Å². The smallest absolute Gasteiger partial charge is 0.128 e. The van der Waals surface area contributed by atoms with Gasteiger partial charge >= 0.3 is 0 Å². The fourth-order valence-electron chi connectivity index (χ4n) is 2.47. The van der Waals surface area contributed by atoms with E-state index in [0.29, 0.717) is 6.54 Å². The molecule has 3 aromatic rings. The van der Waals surface area contributed by atoms with Crippen molar-refractivity contribution in [2.75, 3.05) is 0 Å². The molecule has 0 aliphatic carbocycles. The van der Waals surface area contributed by atoms with E-state index in [1.54, 1.807) is 17.4 Å². The molecule has 110 valence electrons. The number of hydrogen-bond donors (Lipinski definition) is 0. The molecule has 0 spiro atoms. The molecule has 0 radical (unpaired) electrons. The zero-order valence-corrected chi connectivity index (χ0v) is 13.7. The van der Waals surface area contributed by atoms with Crippen LogP contribution in [-0.2, 0) is 6.54 Å². The van der Waals surface area contributed by atoms with Crippen LogP contribution in [0.5, 0.6) is 0 Å². The van der Waals surface area contributed by atoms with Crippen LogP contribution in [0.25, 0.3) is 11.0 Å². The minimum absolute atomic E-state index is 0.220. The van der Waals surface area contributed by atoms with Crippen molar-refractivity contribution in [1.82, 2.24) is 9.55 Å². The fourth-order valence-corrected chi connectivity index (χ4v) is 3.68. The molecule has 0 saturated carbocycles. The maximum atomic E-state index is 13.6. The second-order valence-electron chi connectivity index (χ2n) is 5.26. The van der Waals surface area contributed by atoms with E-state index in [1.807, 2.05) is 11.5 Å². The molecule has 2 heterocycles. The predicted molar refractivity (Wildman–Crippen MR) is 86.9 cm³/mol. The van der Waals surface area contributed by atoms with Crippen LogP contribution < -0.4 is 0 Å². The number of aromatic nitrogens is 2. The quantitative estimate of drug-likeness (QED) is 0.606. The van der Waals surface area contributed by atoms with Gasteiger partial charge in [0.15, 0.2) is 0 Å². The van der Waals surface area contributed by atoms with Gasteiger partial charge in [-0.25, -0.2) is 9.37 Å². The van der Waals surface area contributed by atoms with Gasteiger partial charge in [0.1, 0.15) is 11.6 Å². The lowest BCUT2D eigenvalue weighted by atomic mass is 10.2. The molecule has 0 bridgehead atoms. The SMILES string of the molecule is Cc1cc(Cn2c(C(C)Cl)nc3ccc(F)cc32)sc1C. The predicted octanol–water partition coefficient (Wildman–Crippen LogP) is 5.20. The van der Waals surface area contributed by atoms with Gasteiger partial charge in [0.25, 0.3) is 0 Å². The van der Waals surface area contributed by atoms with Crippen LogP contribution >= 0.6 is 22.9 Å². The number of fused-ring (bicyclic) bond motifs is 1. The van der Waals surface area contributed by atoms with E-state index in [1.165, 1.54) is 27.5 Å². The summed E-state index contributed by atoms with van der Waals surface area (Å²) in [7, 11) is 0. The second kappa shape index (κ2) is 5.43. The van der Waals surface area contributed by atoms with Gasteiger partial charge in [-0.05, 0) is 50.6 Å². The lowest BCUT2D eigenvalue weighted by Gasteiger charge is -2.09. The van der Waals surface area contributed by atoms with Crippen molar-refractivity contribution in [1.29, 1.82) is 0 Å². The van der Waals surface area contributed by atoms with Crippen molar-refractivity contribution in [3.05, 3.63) is 51.2 Å². The fraction of sp³-hybridized carbons (Fsp3) is 0.312. The molecule has 0 fully saturated rings. The van der Waals surface area contributed by atoms with E-state index in [0.717, 1.165) is 16.9 Å². The highest BCUT2D eigenvalue weighted by Crippen LogP contribution is 2.28. The standard InChI is InChI=1S/C16H16ClFN2S/c1-9-6-13(21-11(9)3)8-20-15-7-12(18)4-5-14(15)19-16(20)10(2)17/h4-7,10H,8H2,1-3H3. The number of hydrogen-bond acceptors (Lipinski definition) is 2. The van der Waals surface area contributed by atoms with Crippen LogP contribution in [0.15, 0.2) is 24.3 Å². The van der Waals surface area contributed by atoms with E-state index >= 15 is 0 Å². The molecule has 0 aliphatic heterocycles. The molecule has 2 nitrogen and oxygen atoms in total. The summed E-state index contributed by atoms with van der Waals surface area (Å²) in [5.41, 5.74) is 2.86. The third-order valence-electron chi connectivity index (χ3n) is 3.63. The van der Waals surface area contributed by atoms with E-state index in [2.05, 4.69) is 24.9 Å². The lowest BCUT2D eigenvalue weighted by Crippen LogP contribution is -2.04. The Morgan fingerprint density at radius 3 is 2.71 bits per heavy atom. The summed E-state index contributed by atoms with van der Waals surface area (Å²) in [4.78, 5) is 7.08. The van der Waals surface area contributed by atoms with Crippen molar-refractivity contribution >= 4 is 34.0 Å². The highest BCUT2D eigenvalue weighted by Gasteiger charge is 2.16. The first-order valence-corrected chi connectivity index (χ1v) is 8.06. The molecule has 0 N–H and O–H groups in total. The second-order valence-corrected chi connectivity index (χ2v) is 7.25. The molecule has 5 heteroatoms. The van der Waals surface area contributed by atoms with E-state index in [-0.39, 0.29) is 11.2 Å². The average molecular weight is 323 g/mol. The summed E-state index contributed by atoms with van der Waals surface area (Å²) in [6.07, 6.45) is 0. The highest BCUT2D eigenvalue weighted by atomic mass is 35.5. The third kappa shape index (κ3) is 2.70. The van der Waals surface area contributed by atoms with Crippen LogP contribution in [0.3, 0.4) is 0 Å². The molecule has 1 aromatic carbocycles. The number of benzene rings is 1. The number of nitrogens with zero attached hydrogens (tertiary/aromatic N) is 2. The Morgan fingerprint density at radius 2 is 2.10 bits per heavy atom. The van der Waals surface area contributed by atoms with Gasteiger partial charge in [0.05, 0.1) is 23.0 Å². The normalized spacial score (nSPS) is 13.0. The van der Waals surface area contributed by atoms with E-state index in [9.17, 15) is 4.39 Å². The number of imidazole rings is 1. The van der Waals surface area contributed by atoms with E-state index < -0.39 is 0 Å². The van der Waals surface area contributed by atoms with Gasteiger partial charge in [-0.1, -0.05) is 0 Å². The van der Waals surface area contributed by atoms with Crippen molar-refractivity contribution in [2.24, 2.45) is 0 Å². The minimum Gasteiger partial charge on any atom is -0.321 e. The average Bonchev–Trinajstić information content (AvgIpc) is 2.92. The third-order valence-corrected chi connectivity index (χ3v) is 4.96. The summed E-state index contributed by atoms with van der Waals surface area (Å²) >= 11 is 8.01. The Morgan fingerprint density at radius 1 is 1.33 bits per heavy atom. The number of halogens is 2. The number of alkyl halides is 1. The van der Waals surface area contributed by atoms with Crippen LogP contribution in [0.2, 0.25) is 0 Å². The largest absolute Gasteiger partial charge is 0.321 e. The number of rotatable bonds is 3. The van der Waals surface area contributed by atoms with Crippen LogP contribution in [-0.4, -0.2) is 9.55 Å². The van der Waals surface area contributed by atoms with Gasteiger partial charge in [-0.15, -0.1) is 22.9 Å². The summed E-state index contributed by atoms with van der Waals surface area (Å²) in [6.45, 7) is 6.78. The molecular formula is C16H16ClFN2S.